The number of hydrogen-bond acceptors (Lipinski definition) is 1. The van der Waals surface area contributed by atoms with Crippen molar-refractivity contribution in [2.45, 2.75) is 91.3 Å². The van der Waals surface area contributed by atoms with Crippen molar-refractivity contribution in [1.29, 1.82) is 0 Å². The van der Waals surface area contributed by atoms with Crippen LogP contribution in [0.4, 0.5) is 0 Å². The van der Waals surface area contributed by atoms with E-state index in [4.69, 9.17) is 0 Å². The van der Waals surface area contributed by atoms with Gasteiger partial charge in [0, 0.05) is 11.1 Å². The molecule has 2 atom stereocenters. The highest BCUT2D eigenvalue weighted by Crippen LogP contribution is 2.59. The summed E-state index contributed by atoms with van der Waals surface area (Å²) in [5, 5.41) is 1.59. The molecule has 2 aliphatic carbocycles. The van der Waals surface area contributed by atoms with Gasteiger partial charge in [-0.2, -0.15) is 0 Å². The summed E-state index contributed by atoms with van der Waals surface area (Å²) < 4.78 is 0. The first-order chi connectivity index (χ1) is 13.0. The number of benzene rings is 1. The second-order valence-corrected chi connectivity index (χ2v) is 15.2. The van der Waals surface area contributed by atoms with Gasteiger partial charge in [-0.1, -0.05) is 116 Å². The quantitative estimate of drug-likeness (QED) is 0.558. The Kier molecular flexibility index (Phi) is 5.86. The monoisotopic (exact) mass is 395 g/mol. The maximum Gasteiger partial charge on any atom is 0.169 e. The highest BCUT2D eigenvalue weighted by Gasteiger charge is 2.57. The summed E-state index contributed by atoms with van der Waals surface area (Å²) in [4.78, 5) is 4.35. The van der Waals surface area contributed by atoms with Gasteiger partial charge in [0.1, 0.15) is 0 Å². The van der Waals surface area contributed by atoms with Gasteiger partial charge >= 0.3 is 0 Å². The summed E-state index contributed by atoms with van der Waals surface area (Å²) in [6, 6.07) is 12.0. The predicted molar refractivity (Wildman–Crippen MR) is 127 cm³/mol. The summed E-state index contributed by atoms with van der Waals surface area (Å²) in [7, 11) is -2.10. The van der Waals surface area contributed by atoms with Gasteiger partial charge in [0.15, 0.2) is 8.24 Å². The van der Waals surface area contributed by atoms with E-state index in [1.807, 2.05) is 0 Å². The molecule has 2 aliphatic rings. The SMILES string of the molecule is CC(C)(C)C1=CC(C(C)(C)C)([Si](C)(NC2CCCCC2)c2ccccc2)C=C1. The van der Waals surface area contributed by atoms with Gasteiger partial charge in [-0.25, -0.2) is 0 Å². The minimum Gasteiger partial charge on any atom is -0.330 e. The van der Waals surface area contributed by atoms with Crippen LogP contribution < -0.4 is 10.2 Å². The topological polar surface area (TPSA) is 12.0 Å². The maximum absolute atomic E-state index is 4.35. The van der Waals surface area contributed by atoms with E-state index in [2.05, 4.69) is 102 Å². The van der Waals surface area contributed by atoms with E-state index >= 15 is 0 Å². The van der Waals surface area contributed by atoms with Crippen LogP contribution in [0.25, 0.3) is 0 Å². The number of allylic oxidation sites excluding steroid dienone is 4. The molecule has 1 fully saturated rings. The zero-order chi connectivity index (χ0) is 20.6. The van der Waals surface area contributed by atoms with E-state index in [0.29, 0.717) is 6.04 Å². The Morgan fingerprint density at radius 3 is 2.04 bits per heavy atom. The van der Waals surface area contributed by atoms with Crippen molar-refractivity contribution in [3.8, 4) is 0 Å². The fourth-order valence-electron chi connectivity index (χ4n) is 5.42. The lowest BCUT2D eigenvalue weighted by Crippen LogP contribution is -2.70. The fraction of sp³-hybridized carbons (Fsp3) is 0.615. The molecule has 0 aliphatic heterocycles. The van der Waals surface area contributed by atoms with Crippen molar-refractivity contribution < 1.29 is 0 Å². The van der Waals surface area contributed by atoms with E-state index in [1.165, 1.54) is 42.9 Å². The van der Waals surface area contributed by atoms with Crippen molar-refractivity contribution in [2.24, 2.45) is 10.8 Å². The van der Waals surface area contributed by atoms with E-state index < -0.39 is 8.24 Å². The standard InChI is InChI=1S/C26H41NSi/c1-24(2,3)21-18-19-26(20-21,25(4,5)6)28(7,23-16-12-9-13-17-23)27-22-14-10-8-11-15-22/h9,12-13,16-20,22,27H,8,10-11,14-15H2,1-7H3. The number of rotatable bonds is 4. The second kappa shape index (κ2) is 7.61. The van der Waals surface area contributed by atoms with Gasteiger partial charge in [-0.15, -0.1) is 0 Å². The Morgan fingerprint density at radius 1 is 0.929 bits per heavy atom. The Labute approximate surface area is 174 Å². The number of hydrogen-bond donors (Lipinski definition) is 1. The predicted octanol–water partition coefficient (Wildman–Crippen LogP) is 6.72. The molecule has 0 radical (unpaired) electrons. The summed E-state index contributed by atoms with van der Waals surface area (Å²) in [5.41, 5.74) is 1.82. The van der Waals surface area contributed by atoms with E-state index in [9.17, 15) is 0 Å². The molecular weight excluding hydrogens is 354 g/mol. The molecule has 0 saturated heterocycles. The Morgan fingerprint density at radius 2 is 1.54 bits per heavy atom. The van der Waals surface area contributed by atoms with Crippen LogP contribution in [-0.2, 0) is 0 Å². The summed E-state index contributed by atoms with van der Waals surface area (Å²) in [6.45, 7) is 16.9. The van der Waals surface area contributed by atoms with Gasteiger partial charge < -0.3 is 4.98 Å². The van der Waals surface area contributed by atoms with Gasteiger partial charge in [0.2, 0.25) is 0 Å². The molecule has 0 aromatic heterocycles. The fourth-order valence-corrected chi connectivity index (χ4v) is 10.6. The molecule has 0 heterocycles. The van der Waals surface area contributed by atoms with Crippen molar-refractivity contribution in [2.75, 3.05) is 0 Å². The average molecular weight is 396 g/mol. The second-order valence-electron chi connectivity index (χ2n) is 11.3. The Bertz CT molecular complexity index is 728. The highest BCUT2D eigenvalue weighted by atomic mass is 28.3. The van der Waals surface area contributed by atoms with Crippen molar-refractivity contribution >= 4 is 13.4 Å². The average Bonchev–Trinajstić information content (AvgIpc) is 3.11. The highest BCUT2D eigenvalue weighted by molar-refractivity contribution is 6.92. The molecular formula is C26H41NSi. The molecule has 2 unspecified atom stereocenters. The summed E-state index contributed by atoms with van der Waals surface area (Å²) >= 11 is 0. The zero-order valence-corrected chi connectivity index (χ0v) is 20.2. The smallest absolute Gasteiger partial charge is 0.169 e. The first kappa shape index (κ1) is 21.6. The maximum atomic E-state index is 4.35. The molecule has 0 spiro atoms. The largest absolute Gasteiger partial charge is 0.330 e. The van der Waals surface area contributed by atoms with Crippen LogP contribution in [0.3, 0.4) is 0 Å². The lowest BCUT2D eigenvalue weighted by Gasteiger charge is -2.53. The molecule has 154 valence electrons. The minimum atomic E-state index is -2.10. The normalized spacial score (nSPS) is 26.2. The lowest BCUT2D eigenvalue weighted by molar-refractivity contribution is 0.336. The molecule has 1 aromatic rings. The van der Waals surface area contributed by atoms with Crippen molar-refractivity contribution in [3.63, 3.8) is 0 Å². The van der Waals surface area contributed by atoms with E-state index in [0.717, 1.165) is 0 Å². The molecule has 0 amide bonds. The third kappa shape index (κ3) is 3.83. The minimum absolute atomic E-state index is 0.0570. The first-order valence-corrected chi connectivity index (χ1v) is 13.8. The van der Waals surface area contributed by atoms with E-state index in [1.54, 1.807) is 0 Å². The van der Waals surface area contributed by atoms with Gasteiger partial charge in [-0.05, 0) is 34.4 Å². The molecule has 1 aromatic carbocycles. The molecule has 1 N–H and O–H groups in total. The first-order valence-electron chi connectivity index (χ1n) is 11.3. The summed E-state index contributed by atoms with van der Waals surface area (Å²) in [6.07, 6.45) is 14.5. The van der Waals surface area contributed by atoms with Crippen LogP contribution in [0.1, 0.15) is 73.6 Å². The van der Waals surface area contributed by atoms with Crippen LogP contribution in [-0.4, -0.2) is 14.3 Å². The van der Waals surface area contributed by atoms with Crippen molar-refractivity contribution in [1.82, 2.24) is 4.98 Å². The van der Waals surface area contributed by atoms with Crippen LogP contribution >= 0.6 is 0 Å². The van der Waals surface area contributed by atoms with Crippen LogP contribution in [0, 0.1) is 10.8 Å². The molecule has 1 saturated carbocycles. The molecule has 2 heteroatoms. The van der Waals surface area contributed by atoms with E-state index in [-0.39, 0.29) is 15.9 Å². The molecule has 0 bridgehead atoms. The number of nitrogens with one attached hydrogen (secondary N) is 1. The van der Waals surface area contributed by atoms with Gasteiger partial charge in [0.25, 0.3) is 0 Å². The molecule has 28 heavy (non-hydrogen) atoms. The third-order valence-corrected chi connectivity index (χ3v) is 12.5. The zero-order valence-electron chi connectivity index (χ0n) is 19.2. The van der Waals surface area contributed by atoms with Crippen LogP contribution in [0.2, 0.25) is 11.6 Å². The van der Waals surface area contributed by atoms with Crippen LogP contribution in [0.5, 0.6) is 0 Å². The van der Waals surface area contributed by atoms with Crippen LogP contribution in [0.15, 0.2) is 54.1 Å². The van der Waals surface area contributed by atoms with Gasteiger partial charge in [-0.3, -0.25) is 0 Å². The lowest BCUT2D eigenvalue weighted by atomic mass is 9.79. The van der Waals surface area contributed by atoms with Gasteiger partial charge in [0.05, 0.1) is 0 Å². The van der Waals surface area contributed by atoms with Crippen molar-refractivity contribution in [3.05, 3.63) is 54.1 Å². The Hall–Kier alpha value is -1.12. The third-order valence-electron chi connectivity index (χ3n) is 7.29. The molecule has 3 rings (SSSR count). The Balaban J connectivity index is 2.16. The molecule has 1 nitrogen and oxygen atoms in total. The summed E-state index contributed by atoms with van der Waals surface area (Å²) in [5.74, 6) is 0.